The summed E-state index contributed by atoms with van der Waals surface area (Å²) in [6.07, 6.45) is 3.38. The van der Waals surface area contributed by atoms with Crippen molar-refractivity contribution in [3.05, 3.63) is 69.6 Å². The van der Waals surface area contributed by atoms with Gasteiger partial charge in [0.05, 0.1) is 25.7 Å². The van der Waals surface area contributed by atoms with Gasteiger partial charge < -0.3 is 23.2 Å². The molecule has 14 heteroatoms. The van der Waals surface area contributed by atoms with E-state index in [1.807, 2.05) is 30.3 Å². The fourth-order valence-corrected chi connectivity index (χ4v) is 5.89. The Kier molecular flexibility index (Phi) is 9.41. The molecule has 0 spiro atoms. The van der Waals surface area contributed by atoms with Gasteiger partial charge in [-0.1, -0.05) is 49.2 Å². The molecule has 1 N–H and O–H groups in total. The molecule has 1 aliphatic heterocycles. The molecule has 2 aliphatic rings. The maximum atomic E-state index is 13.5. The quantitative estimate of drug-likeness (QED) is 0.116. The van der Waals surface area contributed by atoms with Gasteiger partial charge in [-0.15, -0.1) is 10.2 Å². The summed E-state index contributed by atoms with van der Waals surface area (Å²) in [5, 5.41) is 14.6. The van der Waals surface area contributed by atoms with Crippen LogP contribution in [-0.2, 0) is 27.2 Å². The molecule has 1 atom stereocenters. The van der Waals surface area contributed by atoms with E-state index in [1.165, 1.54) is 6.92 Å². The van der Waals surface area contributed by atoms with E-state index in [2.05, 4.69) is 48.5 Å². The number of hydrogen-bond donors (Lipinski definition) is 1. The molecule has 0 fully saturated rings. The first-order chi connectivity index (χ1) is 20.8. The minimum absolute atomic E-state index is 0.0156. The van der Waals surface area contributed by atoms with Gasteiger partial charge >= 0.3 is 12.1 Å². The van der Waals surface area contributed by atoms with Crippen LogP contribution in [-0.4, -0.2) is 55.2 Å². The second-order valence-electron chi connectivity index (χ2n) is 9.46. The van der Waals surface area contributed by atoms with Gasteiger partial charge in [-0.05, 0) is 57.2 Å². The molecule has 43 heavy (non-hydrogen) atoms. The van der Waals surface area contributed by atoms with Crippen molar-refractivity contribution in [1.82, 2.24) is 30.2 Å². The van der Waals surface area contributed by atoms with E-state index in [4.69, 9.17) is 30.2 Å². The average Bonchev–Trinajstić information content (AvgIpc) is 3.70. The number of ether oxygens (including phenoxy) is 3. The highest BCUT2D eigenvalue weighted by Crippen LogP contribution is 2.48. The molecule has 1 aromatic carbocycles. The van der Waals surface area contributed by atoms with Gasteiger partial charge in [0, 0.05) is 34.5 Å². The van der Waals surface area contributed by atoms with Gasteiger partial charge in [0.25, 0.3) is 0 Å². The van der Waals surface area contributed by atoms with E-state index in [0.717, 1.165) is 50.7 Å². The predicted molar refractivity (Wildman–Crippen MR) is 160 cm³/mol. The molecule has 12 nitrogen and oxygen atoms in total. The van der Waals surface area contributed by atoms with Crippen LogP contribution >= 0.6 is 27.5 Å². The summed E-state index contributed by atoms with van der Waals surface area (Å²) in [5.74, 6) is 0.245. The molecule has 0 bridgehead atoms. The number of nitrogens with zero attached hydrogens (tertiary/aromatic N) is 5. The number of benzene rings is 1. The number of halogens is 2. The van der Waals surface area contributed by atoms with Crippen LogP contribution in [0.2, 0.25) is 5.15 Å². The van der Waals surface area contributed by atoms with Gasteiger partial charge in [-0.2, -0.15) is 5.21 Å². The molecule has 0 saturated carbocycles. The Hall–Kier alpha value is -4.23. The lowest BCUT2D eigenvalue weighted by molar-refractivity contribution is -0.0815. The molecular weight excluding hydrogens is 644 g/mol. The number of aromatic amines is 1. The maximum Gasteiger partial charge on any atom is 0.511 e. The van der Waals surface area contributed by atoms with E-state index in [9.17, 15) is 9.59 Å². The first kappa shape index (κ1) is 30.2. The fraction of sp³-hybridized carbons (Fsp3) is 0.310. The zero-order chi connectivity index (χ0) is 30.5. The largest absolute Gasteiger partial charge is 0.511 e. The number of rotatable bonds is 11. The summed E-state index contributed by atoms with van der Waals surface area (Å²) in [4.78, 5) is 29.8. The Morgan fingerprint density at radius 2 is 1.91 bits per heavy atom. The van der Waals surface area contributed by atoms with Crippen LogP contribution in [0.15, 0.2) is 51.7 Å². The van der Waals surface area contributed by atoms with E-state index in [-0.39, 0.29) is 24.0 Å². The highest BCUT2D eigenvalue weighted by atomic mass is 79.9. The number of imidazole rings is 1. The highest BCUT2D eigenvalue weighted by Gasteiger charge is 2.30. The number of carbonyl (C=O) groups excluding carboxylic acids is 2. The summed E-state index contributed by atoms with van der Waals surface area (Å²) >= 11 is 10.4. The number of tetrazole rings is 1. The molecule has 0 amide bonds. The monoisotopic (exact) mass is 670 g/mol. The second-order valence-corrected chi connectivity index (χ2v) is 10.6. The van der Waals surface area contributed by atoms with Crippen molar-refractivity contribution in [2.45, 2.75) is 52.9 Å². The molecule has 1 unspecified atom stereocenters. The SMILES string of the molecule is CCCCc1nc(Cl)c(C(=O)OC(C)OC(=O)OCC)n1Cc1c2ccocc-2c(Br)c1-c1ccccc1-c1nn[nH]n1. The van der Waals surface area contributed by atoms with Crippen LogP contribution in [0, 0.1) is 0 Å². The minimum Gasteiger partial charge on any atom is -0.472 e. The first-order valence-corrected chi connectivity index (χ1v) is 14.8. The number of carbonyl (C=O) groups is 2. The van der Waals surface area contributed by atoms with E-state index < -0.39 is 18.4 Å². The lowest BCUT2D eigenvalue weighted by Crippen LogP contribution is -2.24. The minimum atomic E-state index is -1.22. The molecule has 3 heterocycles. The number of esters is 1. The number of H-pyrrole nitrogens is 1. The molecule has 3 aromatic rings. The lowest BCUT2D eigenvalue weighted by atomic mass is 9.97. The number of unbranched alkanes of at least 4 members (excludes halogenated alkanes) is 1. The van der Waals surface area contributed by atoms with Gasteiger partial charge in [-0.3, -0.25) is 0 Å². The highest BCUT2D eigenvalue weighted by molar-refractivity contribution is 9.10. The molecule has 1 aliphatic carbocycles. The molecular formula is C29H28BrClN6O6. The Labute approximate surface area is 260 Å². The summed E-state index contributed by atoms with van der Waals surface area (Å²) in [6, 6.07) is 9.56. The zero-order valence-electron chi connectivity index (χ0n) is 23.6. The van der Waals surface area contributed by atoms with Crippen molar-refractivity contribution >= 4 is 39.7 Å². The maximum absolute atomic E-state index is 13.5. The standard InChI is InChI=1S/C29H28BrClN6O6/c1-4-6-11-22-32-26(31)25(28(38)42-16(3)43-29(39)41-5-2)37(22)14-20-17-12-13-40-15-21(17)24(30)23(20)18-9-7-8-10-19(18)27-33-35-36-34-27/h7-10,12-13,15-16H,4-6,11,14H2,1-3H3,(H,33,34,35,36). The Balaban J connectivity index is 1.63. The third-order valence-corrected chi connectivity index (χ3v) is 7.81. The number of hydrogen-bond acceptors (Lipinski definition) is 10. The summed E-state index contributed by atoms with van der Waals surface area (Å²) in [5.41, 5.74) is 5.06. The third-order valence-electron chi connectivity index (χ3n) is 6.72. The summed E-state index contributed by atoms with van der Waals surface area (Å²) in [7, 11) is 0. The normalized spacial score (nSPS) is 11.9. The summed E-state index contributed by atoms with van der Waals surface area (Å²) in [6.45, 7) is 5.45. The van der Waals surface area contributed by atoms with Crippen LogP contribution in [0.5, 0.6) is 0 Å². The lowest BCUT2D eigenvalue weighted by Gasteiger charge is -2.17. The predicted octanol–water partition coefficient (Wildman–Crippen LogP) is 6.91. The zero-order valence-corrected chi connectivity index (χ0v) is 25.9. The van der Waals surface area contributed by atoms with Crippen molar-refractivity contribution in [3.8, 4) is 33.6 Å². The molecule has 224 valence electrons. The average molecular weight is 672 g/mol. The Morgan fingerprint density at radius 3 is 2.63 bits per heavy atom. The molecule has 5 rings (SSSR count). The van der Waals surface area contributed by atoms with Crippen LogP contribution in [0.3, 0.4) is 0 Å². The van der Waals surface area contributed by atoms with Gasteiger partial charge in [0.1, 0.15) is 5.82 Å². The van der Waals surface area contributed by atoms with E-state index in [1.54, 1.807) is 24.0 Å². The first-order valence-electron chi connectivity index (χ1n) is 13.6. The number of aryl methyl sites for hydroxylation is 1. The smallest absolute Gasteiger partial charge is 0.472 e. The molecule has 0 saturated heterocycles. The van der Waals surface area contributed by atoms with Crippen molar-refractivity contribution < 1.29 is 28.2 Å². The van der Waals surface area contributed by atoms with Crippen LogP contribution < -0.4 is 0 Å². The number of aromatic nitrogens is 6. The second kappa shape index (κ2) is 13.4. The van der Waals surface area contributed by atoms with Gasteiger partial charge in [0.15, 0.2) is 10.8 Å². The van der Waals surface area contributed by atoms with Crippen molar-refractivity contribution in [3.63, 3.8) is 0 Å². The van der Waals surface area contributed by atoms with Gasteiger partial charge in [0.2, 0.25) is 12.1 Å². The van der Waals surface area contributed by atoms with E-state index >= 15 is 0 Å². The van der Waals surface area contributed by atoms with Crippen LogP contribution in [0.25, 0.3) is 33.6 Å². The van der Waals surface area contributed by atoms with Crippen LogP contribution in [0.4, 0.5) is 4.79 Å². The van der Waals surface area contributed by atoms with Crippen LogP contribution in [0.1, 0.15) is 55.5 Å². The van der Waals surface area contributed by atoms with E-state index in [0.29, 0.717) is 18.1 Å². The molecule has 2 aromatic heterocycles. The van der Waals surface area contributed by atoms with Crippen molar-refractivity contribution in [2.24, 2.45) is 0 Å². The third kappa shape index (κ3) is 6.27. The van der Waals surface area contributed by atoms with Gasteiger partial charge in [-0.25, -0.2) is 14.6 Å². The van der Waals surface area contributed by atoms with Crippen molar-refractivity contribution in [1.29, 1.82) is 0 Å². The number of fused-ring (bicyclic) bond motifs is 1. The Morgan fingerprint density at radius 1 is 1.12 bits per heavy atom. The van der Waals surface area contributed by atoms with Crippen molar-refractivity contribution in [2.75, 3.05) is 6.61 Å². The number of nitrogens with one attached hydrogen (secondary N) is 1. The topological polar surface area (TPSA) is 147 Å². The Bertz CT molecular complexity index is 1700. The summed E-state index contributed by atoms with van der Waals surface area (Å²) < 4.78 is 23.3. The molecule has 0 radical (unpaired) electrons. The fourth-order valence-electron chi connectivity index (χ4n) is 4.85.